The summed E-state index contributed by atoms with van der Waals surface area (Å²) in [6.07, 6.45) is 2.49. The number of hydrogen-bond donors (Lipinski definition) is 2. The van der Waals surface area contributed by atoms with Gasteiger partial charge in [0.2, 0.25) is 0 Å². The molecule has 0 heterocycles. The molecule has 3 N–H and O–H groups in total. The van der Waals surface area contributed by atoms with Crippen LogP contribution in [0.3, 0.4) is 0 Å². The molecular weight excluding hydrogens is 154 g/mol. The van der Waals surface area contributed by atoms with Gasteiger partial charge in [0.05, 0.1) is 0 Å². The molecule has 0 aromatic carbocycles. The van der Waals surface area contributed by atoms with Gasteiger partial charge in [0.1, 0.15) is 6.04 Å². The molecule has 0 fully saturated rings. The van der Waals surface area contributed by atoms with Gasteiger partial charge in [-0.3, -0.25) is 4.79 Å². The van der Waals surface area contributed by atoms with Crippen molar-refractivity contribution in [3.8, 4) is 0 Å². The monoisotopic (exact) mass is 167 g/mol. The molecule has 1 atom stereocenters. The zero-order valence-electron chi connectivity index (χ0n) is 6.04. The third-order valence-electron chi connectivity index (χ3n) is 1.19. The van der Waals surface area contributed by atoms with E-state index in [1.54, 1.807) is 0 Å². The summed E-state index contributed by atoms with van der Waals surface area (Å²) < 4.78 is 0. The highest BCUT2D eigenvalue weighted by Gasteiger charge is 2.08. The van der Waals surface area contributed by atoms with E-state index in [-0.39, 0.29) is 12.4 Å². The average Bonchev–Trinajstić information content (AvgIpc) is 1.82. The molecule has 0 aliphatic carbocycles. The highest BCUT2D eigenvalue weighted by Crippen LogP contribution is 1.96. The molecule has 4 heteroatoms. The number of unbranched alkanes of at least 4 members (excludes halogenated alkanes) is 1. The zero-order valence-corrected chi connectivity index (χ0v) is 6.86. The van der Waals surface area contributed by atoms with Crippen LogP contribution in [0.2, 0.25) is 0 Å². The van der Waals surface area contributed by atoms with Crippen LogP contribution < -0.4 is 5.73 Å². The lowest BCUT2D eigenvalue weighted by atomic mass is 10.1. The number of rotatable bonds is 4. The maximum atomic E-state index is 10.1. The molecule has 0 saturated carbocycles. The highest BCUT2D eigenvalue weighted by molar-refractivity contribution is 5.85. The molecule has 62 valence electrons. The largest absolute Gasteiger partial charge is 0.480 e. The molecule has 0 amide bonds. The third kappa shape index (κ3) is 5.85. The van der Waals surface area contributed by atoms with Gasteiger partial charge < -0.3 is 10.8 Å². The van der Waals surface area contributed by atoms with E-state index in [1.165, 1.54) is 0 Å². The van der Waals surface area contributed by atoms with Crippen LogP contribution in [-0.4, -0.2) is 17.1 Å². The maximum absolute atomic E-state index is 10.1. The van der Waals surface area contributed by atoms with Crippen molar-refractivity contribution in [2.75, 3.05) is 0 Å². The van der Waals surface area contributed by atoms with Gasteiger partial charge in [-0.1, -0.05) is 19.8 Å². The van der Waals surface area contributed by atoms with Crippen LogP contribution in [0.25, 0.3) is 0 Å². The van der Waals surface area contributed by atoms with Crippen LogP contribution in [0.4, 0.5) is 0 Å². The smallest absolute Gasteiger partial charge is 0.320 e. The Morgan fingerprint density at radius 3 is 2.50 bits per heavy atom. The van der Waals surface area contributed by atoms with Crippen molar-refractivity contribution < 1.29 is 9.90 Å². The first-order valence-electron chi connectivity index (χ1n) is 3.17. The van der Waals surface area contributed by atoms with E-state index in [1.807, 2.05) is 6.92 Å². The Bertz CT molecular complexity index is 97.7. The second-order valence-electron chi connectivity index (χ2n) is 2.09. The van der Waals surface area contributed by atoms with Crippen LogP contribution in [-0.2, 0) is 4.79 Å². The van der Waals surface area contributed by atoms with E-state index in [0.29, 0.717) is 6.42 Å². The van der Waals surface area contributed by atoms with E-state index in [9.17, 15) is 4.79 Å². The van der Waals surface area contributed by atoms with Gasteiger partial charge in [-0.25, -0.2) is 0 Å². The van der Waals surface area contributed by atoms with Gasteiger partial charge in [0.25, 0.3) is 0 Å². The zero-order chi connectivity index (χ0) is 7.28. The van der Waals surface area contributed by atoms with Crippen molar-refractivity contribution in [1.82, 2.24) is 0 Å². The quantitative estimate of drug-likeness (QED) is 0.657. The Balaban J connectivity index is 0. The summed E-state index contributed by atoms with van der Waals surface area (Å²) in [6.45, 7) is 2.01. The van der Waals surface area contributed by atoms with Gasteiger partial charge >= 0.3 is 5.97 Å². The Labute approximate surface area is 67.0 Å². The first kappa shape index (κ1) is 12.4. The molecule has 0 unspecified atom stereocenters. The Hall–Kier alpha value is -0.280. The van der Waals surface area contributed by atoms with Crippen LogP contribution in [0.15, 0.2) is 0 Å². The standard InChI is InChI=1S/C6H13NO2.ClH/c1-2-3-4-5(7)6(8)9;/h5H,2-4,7H2,1H3,(H,8,9);1H/t5-;/m0./s1. The van der Waals surface area contributed by atoms with Gasteiger partial charge in [0.15, 0.2) is 0 Å². The summed E-state index contributed by atoms with van der Waals surface area (Å²) in [5.74, 6) is -0.900. The Kier molecular flexibility index (Phi) is 8.48. The molecular formula is C6H14ClNO2. The highest BCUT2D eigenvalue weighted by atomic mass is 35.5. The molecule has 0 aromatic heterocycles. The summed E-state index contributed by atoms with van der Waals surface area (Å²) >= 11 is 0. The van der Waals surface area contributed by atoms with E-state index in [4.69, 9.17) is 10.8 Å². The fourth-order valence-corrected chi connectivity index (χ4v) is 0.548. The van der Waals surface area contributed by atoms with Crippen LogP contribution in [0.1, 0.15) is 26.2 Å². The fourth-order valence-electron chi connectivity index (χ4n) is 0.548. The van der Waals surface area contributed by atoms with E-state index < -0.39 is 12.0 Å². The van der Waals surface area contributed by atoms with Crippen molar-refractivity contribution in [1.29, 1.82) is 0 Å². The van der Waals surface area contributed by atoms with Crippen LogP contribution in [0, 0.1) is 0 Å². The predicted octanol–water partition coefficient (Wildman–Crippen LogP) is 1.01. The number of carbonyl (C=O) groups is 1. The van der Waals surface area contributed by atoms with E-state index in [0.717, 1.165) is 12.8 Å². The van der Waals surface area contributed by atoms with Crippen molar-refractivity contribution in [2.24, 2.45) is 5.73 Å². The second-order valence-corrected chi connectivity index (χ2v) is 2.09. The minimum Gasteiger partial charge on any atom is -0.480 e. The molecule has 0 spiro atoms. The normalized spacial score (nSPS) is 11.8. The lowest BCUT2D eigenvalue weighted by Crippen LogP contribution is -2.29. The third-order valence-corrected chi connectivity index (χ3v) is 1.19. The molecule has 0 radical (unpaired) electrons. The van der Waals surface area contributed by atoms with Crippen molar-refractivity contribution in [2.45, 2.75) is 32.2 Å². The van der Waals surface area contributed by atoms with Crippen molar-refractivity contribution >= 4 is 18.4 Å². The second kappa shape index (κ2) is 6.83. The lowest BCUT2D eigenvalue weighted by Gasteiger charge is -2.02. The fraction of sp³-hybridized carbons (Fsp3) is 0.833. The van der Waals surface area contributed by atoms with Gasteiger partial charge in [-0.15, -0.1) is 12.4 Å². The Morgan fingerprint density at radius 2 is 2.20 bits per heavy atom. The summed E-state index contributed by atoms with van der Waals surface area (Å²) in [6, 6.07) is -0.662. The molecule has 0 aromatic rings. The number of aliphatic carboxylic acids is 1. The summed E-state index contributed by atoms with van der Waals surface area (Å²) in [7, 11) is 0. The number of carboxylic acid groups (broad SMARTS) is 1. The SMILES string of the molecule is CCCC[C@H](N)C(=O)O.Cl. The molecule has 0 rings (SSSR count). The molecule has 0 saturated heterocycles. The van der Waals surface area contributed by atoms with Crippen LogP contribution in [0.5, 0.6) is 0 Å². The topological polar surface area (TPSA) is 63.3 Å². The Morgan fingerprint density at radius 1 is 1.70 bits per heavy atom. The van der Waals surface area contributed by atoms with Gasteiger partial charge in [-0.05, 0) is 6.42 Å². The molecule has 0 bridgehead atoms. The molecule has 0 aliphatic rings. The average molecular weight is 168 g/mol. The predicted molar refractivity (Wildman–Crippen MR) is 42.4 cm³/mol. The lowest BCUT2D eigenvalue weighted by molar-refractivity contribution is -0.138. The number of nitrogens with two attached hydrogens (primary N) is 1. The van der Waals surface area contributed by atoms with Crippen molar-refractivity contribution in [3.05, 3.63) is 0 Å². The van der Waals surface area contributed by atoms with Gasteiger partial charge in [0, 0.05) is 0 Å². The molecule has 0 aliphatic heterocycles. The van der Waals surface area contributed by atoms with Crippen LogP contribution >= 0.6 is 12.4 Å². The minimum absolute atomic E-state index is 0. The minimum atomic E-state index is -0.900. The summed E-state index contributed by atoms with van der Waals surface area (Å²) in [4.78, 5) is 10.1. The molecule has 10 heavy (non-hydrogen) atoms. The molecule has 3 nitrogen and oxygen atoms in total. The number of carboxylic acids is 1. The van der Waals surface area contributed by atoms with Crippen molar-refractivity contribution in [3.63, 3.8) is 0 Å². The summed E-state index contributed by atoms with van der Waals surface area (Å²) in [5, 5.41) is 8.28. The first-order chi connectivity index (χ1) is 4.18. The number of halogens is 1. The maximum Gasteiger partial charge on any atom is 0.320 e. The van der Waals surface area contributed by atoms with E-state index in [2.05, 4.69) is 0 Å². The van der Waals surface area contributed by atoms with Gasteiger partial charge in [-0.2, -0.15) is 0 Å². The number of hydrogen-bond acceptors (Lipinski definition) is 2. The van der Waals surface area contributed by atoms with E-state index >= 15 is 0 Å². The summed E-state index contributed by atoms with van der Waals surface area (Å²) in [5.41, 5.74) is 5.20. The first-order valence-corrected chi connectivity index (χ1v) is 3.17.